The van der Waals surface area contributed by atoms with Crippen molar-refractivity contribution in [2.45, 2.75) is 13.2 Å². The normalized spacial score (nSPS) is 12.5. The molecular formula is C15H13Cl2NO3. The minimum atomic E-state index is 0.207. The Kier molecular flexibility index (Phi) is 4.10. The molecule has 2 N–H and O–H groups in total. The van der Waals surface area contributed by atoms with Crippen LogP contribution in [-0.4, -0.2) is 6.79 Å². The molecule has 0 saturated heterocycles. The summed E-state index contributed by atoms with van der Waals surface area (Å²) in [5, 5.41) is 1.13. The second-order valence-electron chi connectivity index (χ2n) is 4.51. The van der Waals surface area contributed by atoms with E-state index in [9.17, 15) is 0 Å². The van der Waals surface area contributed by atoms with Gasteiger partial charge in [0.1, 0.15) is 12.4 Å². The summed E-state index contributed by atoms with van der Waals surface area (Å²) in [4.78, 5) is 0. The monoisotopic (exact) mass is 325 g/mol. The smallest absolute Gasteiger partial charge is 0.231 e. The molecule has 1 aliphatic heterocycles. The zero-order chi connectivity index (χ0) is 14.8. The molecule has 0 unspecified atom stereocenters. The molecule has 0 spiro atoms. The molecule has 4 nitrogen and oxygen atoms in total. The van der Waals surface area contributed by atoms with Crippen LogP contribution in [0.3, 0.4) is 0 Å². The maximum atomic E-state index is 6.13. The van der Waals surface area contributed by atoms with Crippen LogP contribution in [0.15, 0.2) is 30.3 Å². The van der Waals surface area contributed by atoms with E-state index in [1.54, 1.807) is 24.3 Å². The van der Waals surface area contributed by atoms with Gasteiger partial charge in [0.15, 0.2) is 11.5 Å². The van der Waals surface area contributed by atoms with Crippen LogP contribution in [0.5, 0.6) is 17.2 Å². The van der Waals surface area contributed by atoms with E-state index in [-0.39, 0.29) is 13.4 Å². The molecule has 0 aromatic heterocycles. The Morgan fingerprint density at radius 1 is 1.10 bits per heavy atom. The molecule has 1 aliphatic rings. The van der Waals surface area contributed by atoms with Gasteiger partial charge in [0.2, 0.25) is 6.79 Å². The van der Waals surface area contributed by atoms with E-state index in [4.69, 9.17) is 43.1 Å². The molecule has 0 radical (unpaired) electrons. The van der Waals surface area contributed by atoms with Gasteiger partial charge in [-0.05, 0) is 18.2 Å². The predicted molar refractivity (Wildman–Crippen MR) is 81.3 cm³/mol. The van der Waals surface area contributed by atoms with Gasteiger partial charge in [-0.3, -0.25) is 0 Å². The number of hydrogen-bond acceptors (Lipinski definition) is 4. The molecule has 0 amide bonds. The summed E-state index contributed by atoms with van der Waals surface area (Å²) in [6, 6.07) is 8.94. The van der Waals surface area contributed by atoms with Gasteiger partial charge < -0.3 is 19.9 Å². The summed E-state index contributed by atoms with van der Waals surface area (Å²) >= 11 is 12.3. The highest BCUT2D eigenvalue weighted by atomic mass is 35.5. The quantitative estimate of drug-likeness (QED) is 0.929. The minimum Gasteiger partial charge on any atom is -0.488 e. The molecule has 0 fully saturated rings. The Bertz CT molecular complexity index is 656. The first kappa shape index (κ1) is 14.3. The standard InChI is InChI=1S/C15H13Cl2NO3/c16-11-2-1-3-12(17)10(11)7-19-13-5-15-14(20-8-21-15)4-9(13)6-18/h1-5H,6-8,18H2. The van der Waals surface area contributed by atoms with Gasteiger partial charge in [-0.25, -0.2) is 0 Å². The van der Waals surface area contributed by atoms with E-state index in [2.05, 4.69) is 0 Å². The van der Waals surface area contributed by atoms with Crippen LogP contribution in [0, 0.1) is 0 Å². The fourth-order valence-corrected chi connectivity index (χ4v) is 2.59. The van der Waals surface area contributed by atoms with E-state index >= 15 is 0 Å². The Morgan fingerprint density at radius 2 is 1.76 bits per heavy atom. The number of benzene rings is 2. The van der Waals surface area contributed by atoms with Crippen molar-refractivity contribution < 1.29 is 14.2 Å². The maximum absolute atomic E-state index is 6.13. The maximum Gasteiger partial charge on any atom is 0.231 e. The van der Waals surface area contributed by atoms with Crippen molar-refractivity contribution >= 4 is 23.2 Å². The van der Waals surface area contributed by atoms with Gasteiger partial charge in [-0.15, -0.1) is 0 Å². The van der Waals surface area contributed by atoms with Crippen LogP contribution in [0.25, 0.3) is 0 Å². The summed E-state index contributed by atoms with van der Waals surface area (Å²) in [6.07, 6.45) is 0. The highest BCUT2D eigenvalue weighted by Crippen LogP contribution is 2.38. The average Bonchev–Trinajstić information content (AvgIpc) is 2.93. The van der Waals surface area contributed by atoms with E-state index in [0.29, 0.717) is 33.8 Å². The molecule has 0 saturated carbocycles. The van der Waals surface area contributed by atoms with Gasteiger partial charge in [0.05, 0.1) is 0 Å². The minimum absolute atomic E-state index is 0.207. The zero-order valence-corrected chi connectivity index (χ0v) is 12.6. The van der Waals surface area contributed by atoms with Crippen LogP contribution in [0.1, 0.15) is 11.1 Å². The van der Waals surface area contributed by atoms with E-state index in [1.165, 1.54) is 0 Å². The van der Waals surface area contributed by atoms with E-state index in [1.807, 2.05) is 6.07 Å². The molecule has 3 rings (SSSR count). The number of ether oxygens (including phenoxy) is 3. The van der Waals surface area contributed by atoms with Crippen LogP contribution in [0.2, 0.25) is 10.0 Å². The van der Waals surface area contributed by atoms with Gasteiger partial charge >= 0.3 is 0 Å². The fraction of sp³-hybridized carbons (Fsp3) is 0.200. The number of halogens is 2. The molecule has 0 bridgehead atoms. The average molecular weight is 326 g/mol. The van der Waals surface area contributed by atoms with Crippen LogP contribution in [-0.2, 0) is 13.2 Å². The Labute approximate surface area is 132 Å². The Balaban J connectivity index is 1.85. The number of hydrogen-bond donors (Lipinski definition) is 1. The summed E-state index contributed by atoms with van der Waals surface area (Å²) in [7, 11) is 0. The van der Waals surface area contributed by atoms with Crippen molar-refractivity contribution in [3.05, 3.63) is 51.5 Å². The number of rotatable bonds is 4. The lowest BCUT2D eigenvalue weighted by molar-refractivity contribution is 0.173. The van der Waals surface area contributed by atoms with E-state index < -0.39 is 0 Å². The Morgan fingerprint density at radius 3 is 2.43 bits per heavy atom. The lowest BCUT2D eigenvalue weighted by Crippen LogP contribution is -2.03. The lowest BCUT2D eigenvalue weighted by atomic mass is 10.1. The van der Waals surface area contributed by atoms with Crippen molar-refractivity contribution in [2.75, 3.05) is 6.79 Å². The summed E-state index contributed by atoms with van der Waals surface area (Å²) in [5.74, 6) is 1.96. The van der Waals surface area contributed by atoms with Gasteiger partial charge in [0.25, 0.3) is 0 Å². The number of fused-ring (bicyclic) bond motifs is 1. The molecule has 0 atom stereocenters. The van der Waals surface area contributed by atoms with Crippen LogP contribution in [0.4, 0.5) is 0 Å². The highest BCUT2D eigenvalue weighted by molar-refractivity contribution is 6.35. The predicted octanol–water partition coefficient (Wildman–Crippen LogP) is 3.76. The topological polar surface area (TPSA) is 53.7 Å². The molecule has 110 valence electrons. The van der Waals surface area contributed by atoms with Gasteiger partial charge in [0, 0.05) is 33.8 Å². The zero-order valence-electron chi connectivity index (χ0n) is 11.1. The van der Waals surface area contributed by atoms with Crippen molar-refractivity contribution in [1.82, 2.24) is 0 Å². The largest absolute Gasteiger partial charge is 0.488 e. The van der Waals surface area contributed by atoms with Crippen molar-refractivity contribution in [3.8, 4) is 17.2 Å². The molecular weight excluding hydrogens is 313 g/mol. The van der Waals surface area contributed by atoms with Crippen molar-refractivity contribution in [1.29, 1.82) is 0 Å². The lowest BCUT2D eigenvalue weighted by Gasteiger charge is -2.13. The van der Waals surface area contributed by atoms with Crippen LogP contribution < -0.4 is 19.9 Å². The fourth-order valence-electron chi connectivity index (χ4n) is 2.08. The SMILES string of the molecule is NCc1cc2c(cc1OCc1c(Cl)cccc1Cl)OCO2. The van der Waals surface area contributed by atoms with Gasteiger partial charge in [-0.2, -0.15) is 0 Å². The molecule has 0 aliphatic carbocycles. The van der Waals surface area contributed by atoms with Crippen molar-refractivity contribution in [3.63, 3.8) is 0 Å². The summed E-state index contributed by atoms with van der Waals surface area (Å²) in [6.45, 7) is 0.798. The third-order valence-corrected chi connectivity index (χ3v) is 3.92. The summed E-state index contributed by atoms with van der Waals surface area (Å²) < 4.78 is 16.5. The highest BCUT2D eigenvalue weighted by Gasteiger charge is 2.18. The molecule has 2 aromatic rings. The molecule has 6 heteroatoms. The molecule has 2 aromatic carbocycles. The van der Waals surface area contributed by atoms with Gasteiger partial charge in [-0.1, -0.05) is 29.3 Å². The van der Waals surface area contributed by atoms with E-state index in [0.717, 1.165) is 11.1 Å². The second kappa shape index (κ2) is 6.02. The summed E-state index contributed by atoms with van der Waals surface area (Å²) in [5.41, 5.74) is 7.32. The number of nitrogens with two attached hydrogens (primary N) is 1. The molecule has 21 heavy (non-hydrogen) atoms. The first-order valence-electron chi connectivity index (χ1n) is 6.37. The Hall–Kier alpha value is -1.62. The van der Waals surface area contributed by atoms with Crippen molar-refractivity contribution in [2.24, 2.45) is 5.73 Å². The second-order valence-corrected chi connectivity index (χ2v) is 5.32. The first-order chi connectivity index (χ1) is 10.2. The molecule has 1 heterocycles. The third kappa shape index (κ3) is 2.88. The third-order valence-electron chi connectivity index (χ3n) is 3.21. The van der Waals surface area contributed by atoms with Crippen LogP contribution >= 0.6 is 23.2 Å². The first-order valence-corrected chi connectivity index (χ1v) is 7.13.